The van der Waals surface area contributed by atoms with E-state index in [0.29, 0.717) is 28.4 Å². The molecule has 27 heavy (non-hydrogen) atoms. The number of nitrogens with zero attached hydrogens (tertiary/aromatic N) is 1. The van der Waals surface area contributed by atoms with Crippen molar-refractivity contribution in [2.45, 2.75) is 6.10 Å². The zero-order valence-electron chi connectivity index (χ0n) is 14.4. The average Bonchev–Trinajstić information content (AvgIpc) is 3.23. The van der Waals surface area contributed by atoms with Crippen molar-refractivity contribution < 1.29 is 23.4 Å². The van der Waals surface area contributed by atoms with E-state index in [1.54, 1.807) is 30.6 Å². The Bertz CT molecular complexity index is 975. The number of amides is 1. The second kappa shape index (κ2) is 6.99. The quantitative estimate of drug-likeness (QED) is 0.738. The van der Waals surface area contributed by atoms with E-state index in [0.717, 1.165) is 0 Å². The number of hydrogen-bond acceptors (Lipinski definition) is 5. The molecule has 2 aromatic carbocycles. The van der Waals surface area contributed by atoms with Gasteiger partial charge >= 0.3 is 0 Å². The number of benzene rings is 2. The van der Waals surface area contributed by atoms with Crippen molar-refractivity contribution in [3.63, 3.8) is 0 Å². The normalized spacial score (nSPS) is 15.3. The van der Waals surface area contributed by atoms with Gasteiger partial charge in [0.25, 0.3) is 5.91 Å². The summed E-state index contributed by atoms with van der Waals surface area (Å²) in [6.07, 6.45) is 2.29. The highest BCUT2D eigenvalue weighted by atomic mass is 19.1. The maximum atomic E-state index is 14.6. The van der Waals surface area contributed by atoms with Gasteiger partial charge in [-0.05, 0) is 18.2 Å². The number of aromatic nitrogens is 2. The van der Waals surface area contributed by atoms with E-state index in [2.05, 4.69) is 15.5 Å². The van der Waals surface area contributed by atoms with Gasteiger partial charge in [0, 0.05) is 23.4 Å². The molecule has 0 spiro atoms. The van der Waals surface area contributed by atoms with Crippen LogP contribution in [0.25, 0.3) is 11.1 Å². The lowest BCUT2D eigenvalue weighted by Crippen LogP contribution is -2.40. The number of halogens is 1. The number of ether oxygens (including phenoxy) is 3. The van der Waals surface area contributed by atoms with Crippen LogP contribution in [0.15, 0.2) is 48.8 Å². The zero-order chi connectivity index (χ0) is 18.8. The number of hydrogen-bond donors (Lipinski definition) is 2. The minimum atomic E-state index is -0.890. The van der Waals surface area contributed by atoms with Gasteiger partial charge in [0.05, 0.1) is 19.0 Å². The van der Waals surface area contributed by atoms with Gasteiger partial charge in [0.2, 0.25) is 6.10 Å². The van der Waals surface area contributed by atoms with E-state index in [1.807, 2.05) is 6.07 Å². The largest absolute Gasteiger partial charge is 0.496 e. The molecule has 2 heterocycles. The van der Waals surface area contributed by atoms with Gasteiger partial charge in [0.1, 0.15) is 18.2 Å². The molecule has 0 aliphatic carbocycles. The Morgan fingerprint density at radius 2 is 2.15 bits per heavy atom. The zero-order valence-corrected chi connectivity index (χ0v) is 14.4. The summed E-state index contributed by atoms with van der Waals surface area (Å²) in [6, 6.07) is 9.76. The maximum absolute atomic E-state index is 14.6. The Kier molecular flexibility index (Phi) is 4.37. The van der Waals surface area contributed by atoms with E-state index in [1.165, 1.54) is 19.2 Å². The van der Waals surface area contributed by atoms with Crippen LogP contribution in [0.3, 0.4) is 0 Å². The predicted octanol–water partition coefficient (Wildman–Crippen LogP) is 3.00. The number of nitrogens with one attached hydrogen (secondary N) is 2. The Balaban J connectivity index is 1.55. The molecule has 1 amide bonds. The molecule has 2 N–H and O–H groups in total. The Labute approximate surface area is 154 Å². The molecule has 0 saturated heterocycles. The van der Waals surface area contributed by atoms with Crippen LogP contribution in [0, 0.1) is 5.82 Å². The third kappa shape index (κ3) is 3.29. The molecule has 0 fully saturated rings. The topological polar surface area (TPSA) is 85.5 Å². The molecule has 7 nitrogen and oxygen atoms in total. The molecule has 0 radical (unpaired) electrons. The number of carbonyl (C=O) groups is 1. The van der Waals surface area contributed by atoms with Gasteiger partial charge in [-0.25, -0.2) is 4.39 Å². The smallest absolute Gasteiger partial charge is 0.269 e. The molecular formula is C19H16FN3O4. The van der Waals surface area contributed by atoms with E-state index < -0.39 is 17.8 Å². The van der Waals surface area contributed by atoms with Crippen molar-refractivity contribution in [1.29, 1.82) is 0 Å². The molecule has 8 heteroatoms. The lowest BCUT2D eigenvalue weighted by atomic mass is 10.1. The van der Waals surface area contributed by atoms with E-state index >= 15 is 0 Å². The fraction of sp³-hybridized carbons (Fsp3) is 0.158. The second-order valence-electron chi connectivity index (χ2n) is 5.87. The molecule has 1 aromatic heterocycles. The molecule has 1 atom stereocenters. The van der Waals surface area contributed by atoms with Gasteiger partial charge in [-0.1, -0.05) is 12.1 Å². The second-order valence-corrected chi connectivity index (χ2v) is 5.87. The van der Waals surface area contributed by atoms with Crippen molar-refractivity contribution in [3.05, 3.63) is 54.6 Å². The number of H-pyrrole nitrogens is 1. The van der Waals surface area contributed by atoms with Crippen LogP contribution in [-0.2, 0) is 4.79 Å². The standard InChI is InChI=1S/C19H16FN3O4/c1-25-17-7-14(13(20)6-12(17)11-8-21-22-9-11)23-19(24)18-10-26-15-4-2-3-5-16(15)27-18/h2-9,18H,10H2,1H3,(H,21,22)(H,23,24). The maximum Gasteiger partial charge on any atom is 0.269 e. The monoisotopic (exact) mass is 369 g/mol. The van der Waals surface area contributed by atoms with Gasteiger partial charge in [0.15, 0.2) is 11.5 Å². The predicted molar refractivity (Wildman–Crippen MR) is 95.5 cm³/mol. The van der Waals surface area contributed by atoms with Crippen molar-refractivity contribution in [1.82, 2.24) is 10.2 Å². The van der Waals surface area contributed by atoms with E-state index in [4.69, 9.17) is 14.2 Å². The molecular weight excluding hydrogens is 353 g/mol. The molecule has 0 saturated carbocycles. The first kappa shape index (κ1) is 16.9. The Hall–Kier alpha value is -3.55. The fourth-order valence-corrected chi connectivity index (χ4v) is 2.80. The van der Waals surface area contributed by atoms with Gasteiger partial charge < -0.3 is 19.5 Å². The lowest BCUT2D eigenvalue weighted by Gasteiger charge is -2.25. The van der Waals surface area contributed by atoms with Crippen LogP contribution < -0.4 is 19.5 Å². The van der Waals surface area contributed by atoms with Crippen molar-refractivity contribution in [3.8, 4) is 28.4 Å². The number of aromatic amines is 1. The number of para-hydroxylation sites is 2. The average molecular weight is 369 g/mol. The van der Waals surface area contributed by atoms with Crippen LogP contribution in [0.1, 0.15) is 0 Å². The minimum Gasteiger partial charge on any atom is -0.496 e. The minimum absolute atomic E-state index is 0.00782. The number of methoxy groups -OCH3 is 1. The summed E-state index contributed by atoms with van der Waals surface area (Å²) >= 11 is 0. The first-order chi connectivity index (χ1) is 13.2. The molecule has 138 valence electrons. The fourth-order valence-electron chi connectivity index (χ4n) is 2.80. The third-order valence-corrected chi connectivity index (χ3v) is 4.16. The van der Waals surface area contributed by atoms with Gasteiger partial charge in [-0.2, -0.15) is 5.10 Å². The lowest BCUT2D eigenvalue weighted by molar-refractivity contribution is -0.125. The molecule has 1 unspecified atom stereocenters. The molecule has 0 bridgehead atoms. The van der Waals surface area contributed by atoms with Crippen LogP contribution in [0.5, 0.6) is 17.2 Å². The molecule has 4 rings (SSSR count). The van der Waals surface area contributed by atoms with Crippen LogP contribution in [0.4, 0.5) is 10.1 Å². The number of anilines is 1. The third-order valence-electron chi connectivity index (χ3n) is 4.16. The van der Waals surface area contributed by atoms with Crippen molar-refractivity contribution >= 4 is 11.6 Å². The number of fused-ring (bicyclic) bond motifs is 1. The van der Waals surface area contributed by atoms with Gasteiger partial charge in [-0.3, -0.25) is 9.89 Å². The molecule has 1 aliphatic heterocycles. The van der Waals surface area contributed by atoms with Crippen molar-refractivity contribution in [2.24, 2.45) is 0 Å². The van der Waals surface area contributed by atoms with Crippen molar-refractivity contribution in [2.75, 3.05) is 19.0 Å². The summed E-state index contributed by atoms with van der Waals surface area (Å²) < 4.78 is 31.0. The Morgan fingerprint density at radius 1 is 1.33 bits per heavy atom. The highest BCUT2D eigenvalue weighted by Gasteiger charge is 2.28. The summed E-state index contributed by atoms with van der Waals surface area (Å²) in [5, 5.41) is 9.06. The summed E-state index contributed by atoms with van der Waals surface area (Å²) in [5.74, 6) is 0.328. The first-order valence-corrected chi connectivity index (χ1v) is 8.21. The highest BCUT2D eigenvalue weighted by Crippen LogP contribution is 2.35. The van der Waals surface area contributed by atoms with Gasteiger partial charge in [-0.15, -0.1) is 0 Å². The highest BCUT2D eigenvalue weighted by molar-refractivity contribution is 5.95. The van der Waals surface area contributed by atoms with E-state index in [-0.39, 0.29) is 12.3 Å². The van der Waals surface area contributed by atoms with Crippen LogP contribution >= 0.6 is 0 Å². The summed E-state index contributed by atoms with van der Waals surface area (Å²) in [6.45, 7) is 0.0364. The first-order valence-electron chi connectivity index (χ1n) is 8.21. The molecule has 1 aliphatic rings. The van der Waals surface area contributed by atoms with Crippen LogP contribution in [-0.4, -0.2) is 35.9 Å². The Morgan fingerprint density at radius 3 is 2.89 bits per heavy atom. The summed E-state index contributed by atoms with van der Waals surface area (Å²) in [7, 11) is 1.47. The summed E-state index contributed by atoms with van der Waals surface area (Å²) in [4.78, 5) is 12.5. The molecule has 3 aromatic rings. The summed E-state index contributed by atoms with van der Waals surface area (Å²) in [5.41, 5.74) is 1.18. The SMILES string of the molecule is COc1cc(NC(=O)C2COc3ccccc3O2)c(F)cc1-c1cn[nH]c1. The number of rotatable bonds is 4. The number of carbonyl (C=O) groups excluding carboxylic acids is 1. The van der Waals surface area contributed by atoms with Crippen LogP contribution in [0.2, 0.25) is 0 Å². The van der Waals surface area contributed by atoms with E-state index in [9.17, 15) is 9.18 Å².